The molecule has 0 bridgehead atoms. The number of fused-ring (bicyclic) bond motifs is 1. The molecule has 5 N–H and O–H groups in total. The van der Waals surface area contributed by atoms with E-state index in [2.05, 4.69) is 15.3 Å². The summed E-state index contributed by atoms with van der Waals surface area (Å²) in [5, 5.41) is 4.32. The molecule has 1 aromatic heterocycles. The number of anilines is 3. The third-order valence-electron chi connectivity index (χ3n) is 13.9. The zero-order valence-electron chi connectivity index (χ0n) is 39.0. The second-order valence-electron chi connectivity index (χ2n) is 18.5. The van der Waals surface area contributed by atoms with E-state index in [0.717, 1.165) is 94.0 Å². The van der Waals surface area contributed by atoms with Crippen LogP contribution in [0.4, 0.5) is 35.2 Å². The molecule has 3 heterocycles. The third kappa shape index (κ3) is 12.1. The summed E-state index contributed by atoms with van der Waals surface area (Å²) in [7, 11) is 1.63. The maximum Gasteiger partial charge on any atom is 0.416 e. The smallest absolute Gasteiger partial charge is 0.416 e. The van der Waals surface area contributed by atoms with Crippen molar-refractivity contribution in [1.29, 1.82) is 0 Å². The van der Waals surface area contributed by atoms with Gasteiger partial charge in [-0.15, -0.1) is 0 Å². The lowest BCUT2D eigenvalue weighted by Crippen LogP contribution is -2.42. The molecule has 4 aromatic rings. The van der Waals surface area contributed by atoms with Crippen molar-refractivity contribution in [3.63, 3.8) is 0 Å². The van der Waals surface area contributed by atoms with E-state index < -0.39 is 23.8 Å². The molecule has 3 fully saturated rings. The molecule has 0 spiro atoms. The van der Waals surface area contributed by atoms with E-state index in [0.29, 0.717) is 84.1 Å². The second-order valence-corrected chi connectivity index (χ2v) is 18.9. The van der Waals surface area contributed by atoms with E-state index in [1.54, 1.807) is 44.1 Å². The monoisotopic (exact) mass is 962 g/mol. The number of alkyl halides is 3. The number of benzene rings is 3. The van der Waals surface area contributed by atoms with Crippen LogP contribution in [0.5, 0.6) is 5.75 Å². The highest BCUT2D eigenvalue weighted by molar-refractivity contribution is 6.34. The van der Waals surface area contributed by atoms with Gasteiger partial charge in [-0.25, -0.2) is 14.8 Å². The summed E-state index contributed by atoms with van der Waals surface area (Å²) in [6.07, 6.45) is 3.83. The number of carbonyl (C=O) groups is 4. The van der Waals surface area contributed by atoms with Gasteiger partial charge < -0.3 is 40.9 Å². The number of aldehydes is 1. The van der Waals surface area contributed by atoms with Crippen molar-refractivity contribution in [3.05, 3.63) is 81.6 Å². The van der Waals surface area contributed by atoms with Crippen LogP contribution in [0.3, 0.4) is 0 Å². The number of carbonyl (C=O) groups excluding carboxylic acids is 4. The molecule has 1 atom stereocenters. The van der Waals surface area contributed by atoms with Crippen molar-refractivity contribution < 1.29 is 41.8 Å². The summed E-state index contributed by atoms with van der Waals surface area (Å²) in [5.74, 6) is 2.71. The Bertz CT molecular complexity index is 2450. The Kier molecular flexibility index (Phi) is 16.4. The summed E-state index contributed by atoms with van der Waals surface area (Å²) in [5.41, 5.74) is 13.3. The first kappa shape index (κ1) is 50.2. The third-order valence-corrected chi connectivity index (χ3v) is 14.2. The van der Waals surface area contributed by atoms with Crippen molar-refractivity contribution in [2.24, 2.45) is 23.5 Å². The number of rotatable bonds is 16. The Morgan fingerprint density at radius 1 is 0.941 bits per heavy atom. The zero-order chi connectivity index (χ0) is 48.7. The van der Waals surface area contributed by atoms with Gasteiger partial charge in [-0.1, -0.05) is 11.6 Å². The highest BCUT2D eigenvalue weighted by atomic mass is 35.5. The Hall–Kier alpha value is -5.68. The largest absolute Gasteiger partial charge is 0.496 e. The number of nitrogens with two attached hydrogens (primary N) is 2. The Labute approximate surface area is 400 Å². The molecule has 7 rings (SSSR count). The Balaban J connectivity index is 0.847. The van der Waals surface area contributed by atoms with Crippen LogP contribution in [-0.4, -0.2) is 96.9 Å². The van der Waals surface area contributed by atoms with Gasteiger partial charge in [-0.2, -0.15) is 13.2 Å². The van der Waals surface area contributed by atoms with Gasteiger partial charge in [-0.05, 0) is 143 Å². The van der Waals surface area contributed by atoms with Gasteiger partial charge in [0.2, 0.25) is 5.91 Å². The number of likely N-dealkylation sites (tertiary alicyclic amines) is 2. The number of nitrogens with zero attached hydrogens (tertiary/aromatic N) is 5. The first-order chi connectivity index (χ1) is 32.5. The molecule has 2 aliphatic heterocycles. The van der Waals surface area contributed by atoms with Gasteiger partial charge in [-0.3, -0.25) is 14.5 Å². The van der Waals surface area contributed by atoms with Crippen LogP contribution >= 0.6 is 11.6 Å². The molecule has 4 amide bonds. The molecule has 2 saturated heterocycles. The summed E-state index contributed by atoms with van der Waals surface area (Å²) in [4.78, 5) is 64.5. The fraction of sp³-hybridized carbons (Fsp3) is 0.520. The lowest BCUT2D eigenvalue weighted by molar-refractivity contribution is -0.138. The van der Waals surface area contributed by atoms with Crippen molar-refractivity contribution in [2.45, 2.75) is 96.2 Å². The minimum absolute atomic E-state index is 0.0264. The number of methoxy groups -OCH3 is 1. The van der Waals surface area contributed by atoms with Gasteiger partial charge >= 0.3 is 12.2 Å². The molecule has 366 valence electrons. The van der Waals surface area contributed by atoms with Crippen LogP contribution in [0.25, 0.3) is 10.9 Å². The van der Waals surface area contributed by atoms with E-state index >= 15 is 0 Å². The van der Waals surface area contributed by atoms with Crippen molar-refractivity contribution in [3.8, 4) is 5.75 Å². The van der Waals surface area contributed by atoms with Gasteiger partial charge in [0.25, 0.3) is 5.91 Å². The molecule has 1 saturated carbocycles. The van der Waals surface area contributed by atoms with Crippen LogP contribution < -0.4 is 26.4 Å². The van der Waals surface area contributed by atoms with Gasteiger partial charge in [0.05, 0.1) is 34.9 Å². The predicted octanol–water partition coefficient (Wildman–Crippen LogP) is 9.32. The quantitative estimate of drug-likeness (QED) is 0.0555. The van der Waals surface area contributed by atoms with Crippen LogP contribution in [0, 0.1) is 24.7 Å². The number of aromatic nitrogens is 2. The maximum absolute atomic E-state index is 13.8. The summed E-state index contributed by atoms with van der Waals surface area (Å²) in [6.45, 7) is 7.54. The number of urea groups is 1. The number of aryl methyl sites for hydroxylation is 1. The number of halogens is 4. The Morgan fingerprint density at radius 2 is 1.63 bits per heavy atom. The van der Waals surface area contributed by atoms with E-state index in [9.17, 15) is 32.3 Å². The number of amides is 4. The van der Waals surface area contributed by atoms with Crippen molar-refractivity contribution in [2.75, 3.05) is 69.0 Å². The van der Waals surface area contributed by atoms with E-state index in [1.807, 2.05) is 17.0 Å². The maximum atomic E-state index is 13.8. The molecule has 0 unspecified atom stereocenters. The lowest BCUT2D eigenvalue weighted by Gasteiger charge is -2.36. The average molecular weight is 964 g/mol. The fourth-order valence-electron chi connectivity index (χ4n) is 9.99. The average Bonchev–Trinajstić information content (AvgIpc) is 3.32. The summed E-state index contributed by atoms with van der Waals surface area (Å²) >= 11 is 6.34. The molecule has 18 heteroatoms. The fourth-order valence-corrected chi connectivity index (χ4v) is 10.2. The summed E-state index contributed by atoms with van der Waals surface area (Å²) < 4.78 is 52.9. The molecule has 3 aliphatic rings. The molecule has 3 aromatic carbocycles. The van der Waals surface area contributed by atoms with Crippen LogP contribution in [0.2, 0.25) is 5.02 Å². The standard InChI is InChI=1S/C50H62ClF3N8O6/c1-30(37-23-38(50(52,53)54)26-39(55)24-37)57-46-41-27-40(45(67-3)28-43(41)58-31(2)59-46)34-5-7-35(8-6-34)47(64)60-17-11-32(12-18-60)15-22-68-29-33-13-19-61(20-14-33)48(65)36-9-10-42(51)44(25-36)62(49(56)66)16-4-21-63/h9-10,21,23-28,30,32-35H,4-8,11-20,22,29,55H2,1-3H3,(H2,56,66)(H,57,58,59)/t30-,34?,35?/m1/s1. The predicted molar refractivity (Wildman–Crippen MR) is 256 cm³/mol. The number of hydrogen-bond acceptors (Lipinski definition) is 10. The molecule has 68 heavy (non-hydrogen) atoms. The number of piperidine rings is 2. The SMILES string of the molecule is COc1cc2nc(C)nc(N[C@H](C)c3cc(N)cc(C(F)(F)F)c3)c2cc1C1CCC(C(=O)N2CCC(CCOCC3CCN(C(=O)c4ccc(Cl)c(N(CCC=O)C(N)=O)c4)CC3)CC2)CC1. The van der Waals surface area contributed by atoms with E-state index in [4.69, 9.17) is 32.5 Å². The molecular weight excluding hydrogens is 901 g/mol. The zero-order valence-corrected chi connectivity index (χ0v) is 39.7. The molecule has 0 radical (unpaired) electrons. The van der Waals surface area contributed by atoms with Gasteiger partial charge in [0.1, 0.15) is 23.7 Å². The molecule has 1 aliphatic carbocycles. The molecular formula is C50H62ClF3N8O6. The highest BCUT2D eigenvalue weighted by Gasteiger charge is 2.34. The van der Waals surface area contributed by atoms with Crippen LogP contribution in [0.1, 0.15) is 116 Å². The van der Waals surface area contributed by atoms with Crippen molar-refractivity contribution >= 4 is 63.8 Å². The lowest BCUT2D eigenvalue weighted by atomic mass is 9.77. The minimum atomic E-state index is -4.53. The van der Waals surface area contributed by atoms with E-state index in [-0.39, 0.29) is 47.3 Å². The van der Waals surface area contributed by atoms with Gasteiger partial charge in [0, 0.05) is 81.0 Å². The number of nitrogens with one attached hydrogen (secondary N) is 1. The number of hydrogen-bond donors (Lipinski definition) is 3. The van der Waals surface area contributed by atoms with Crippen molar-refractivity contribution in [1.82, 2.24) is 19.8 Å². The van der Waals surface area contributed by atoms with Crippen LogP contribution in [-0.2, 0) is 20.5 Å². The Morgan fingerprint density at radius 3 is 2.29 bits per heavy atom. The topological polar surface area (TPSA) is 186 Å². The number of primary amides is 1. The van der Waals surface area contributed by atoms with Crippen LogP contribution in [0.15, 0.2) is 48.5 Å². The normalized spacial score (nSPS) is 18.9. The number of nitrogen functional groups attached to an aromatic ring is 1. The van der Waals surface area contributed by atoms with Gasteiger partial charge in [0.15, 0.2) is 0 Å². The second kappa shape index (κ2) is 22.2. The minimum Gasteiger partial charge on any atom is -0.496 e. The summed E-state index contributed by atoms with van der Waals surface area (Å²) in [6, 6.07) is 10.9. The highest BCUT2D eigenvalue weighted by Crippen LogP contribution is 2.43. The first-order valence-corrected chi connectivity index (χ1v) is 24.0. The number of ether oxygens (including phenoxy) is 2. The van der Waals surface area contributed by atoms with E-state index in [1.165, 1.54) is 11.0 Å². The molecule has 14 nitrogen and oxygen atoms in total. The first-order valence-electron chi connectivity index (χ1n) is 23.6.